The molecule has 0 unspecified atom stereocenters. The molecule has 0 radical (unpaired) electrons. The Labute approximate surface area is 116 Å². The summed E-state index contributed by atoms with van der Waals surface area (Å²) in [4.78, 5) is 0. The van der Waals surface area contributed by atoms with Gasteiger partial charge in [0.25, 0.3) is 0 Å². The van der Waals surface area contributed by atoms with E-state index in [1.54, 1.807) is 0 Å². The molecule has 104 valence electrons. The van der Waals surface area contributed by atoms with E-state index in [9.17, 15) is 0 Å². The molecule has 0 saturated carbocycles. The van der Waals surface area contributed by atoms with Gasteiger partial charge in [0.05, 0.1) is 8.07 Å². The van der Waals surface area contributed by atoms with Crippen LogP contribution < -0.4 is 0 Å². The second-order valence-electron chi connectivity index (χ2n) is 6.01. The van der Waals surface area contributed by atoms with E-state index >= 15 is 0 Å². The minimum atomic E-state index is -1.72. The van der Waals surface area contributed by atoms with Gasteiger partial charge in [-0.25, -0.2) is 0 Å². The molecule has 0 heterocycles. The summed E-state index contributed by atoms with van der Waals surface area (Å²) in [6.45, 7) is 17.2. The zero-order valence-electron chi connectivity index (χ0n) is 12.5. The van der Waals surface area contributed by atoms with E-state index in [1.807, 2.05) is 13.8 Å². The van der Waals surface area contributed by atoms with Crippen LogP contribution in [0.3, 0.4) is 0 Å². The van der Waals surface area contributed by atoms with Gasteiger partial charge in [-0.05, 0) is 26.2 Å². The Bertz CT molecular complexity index is 213. The maximum atomic E-state index is 5.95. The van der Waals surface area contributed by atoms with Crippen LogP contribution in [0.25, 0.3) is 0 Å². The highest BCUT2D eigenvalue weighted by Gasteiger charge is 2.50. The van der Waals surface area contributed by atoms with Gasteiger partial charge in [0, 0.05) is 17.2 Å². The summed E-state index contributed by atoms with van der Waals surface area (Å²) in [5.74, 6) is 0.634. The largest absolute Gasteiger partial charge is 0.396 e. The summed E-state index contributed by atoms with van der Waals surface area (Å²) < 4.78 is 11.9. The highest BCUT2D eigenvalue weighted by Crippen LogP contribution is 2.37. The second-order valence-corrected chi connectivity index (χ2v) is 16.0. The molecule has 0 fully saturated rings. The van der Waals surface area contributed by atoms with Crippen molar-refractivity contribution in [2.24, 2.45) is 5.92 Å². The molecule has 1 atom stereocenters. The summed E-state index contributed by atoms with van der Waals surface area (Å²) in [7, 11) is -3.15. The minimum absolute atomic E-state index is 0.00713. The highest BCUT2D eigenvalue weighted by molar-refractivity contribution is 7.86. The van der Waals surface area contributed by atoms with E-state index in [2.05, 4.69) is 33.5 Å². The summed E-state index contributed by atoms with van der Waals surface area (Å²) >= 11 is 5.08. The van der Waals surface area contributed by atoms with Gasteiger partial charge in [-0.3, -0.25) is 0 Å². The third kappa shape index (κ3) is 5.06. The quantitative estimate of drug-likeness (QED) is 0.546. The Balaban J connectivity index is 5.10. The molecule has 0 amide bonds. The number of thiol groups is 1. The second kappa shape index (κ2) is 7.33. The van der Waals surface area contributed by atoms with Crippen molar-refractivity contribution in [1.29, 1.82) is 0 Å². The molecular formula is C12H30O2SSi2. The molecule has 5 heteroatoms. The van der Waals surface area contributed by atoms with E-state index in [4.69, 9.17) is 21.5 Å². The molecule has 2 nitrogen and oxygen atoms in total. The molecule has 0 N–H and O–H groups in total. The Morgan fingerprint density at radius 2 is 1.53 bits per heavy atom. The van der Waals surface area contributed by atoms with Gasteiger partial charge < -0.3 is 8.85 Å². The van der Waals surface area contributed by atoms with Crippen molar-refractivity contribution < 1.29 is 8.85 Å². The molecule has 0 aliphatic carbocycles. The van der Waals surface area contributed by atoms with Crippen molar-refractivity contribution in [3.8, 4) is 0 Å². The first-order valence-corrected chi connectivity index (χ1v) is 12.1. The van der Waals surface area contributed by atoms with Crippen LogP contribution in [0.1, 0.15) is 34.1 Å². The normalized spacial score (nSPS) is 16.6. The zero-order valence-corrected chi connectivity index (χ0v) is 15.6. The van der Waals surface area contributed by atoms with E-state index in [0.717, 1.165) is 19.6 Å². The molecule has 0 aliphatic heterocycles. The van der Waals surface area contributed by atoms with E-state index < -0.39 is 17.4 Å². The van der Waals surface area contributed by atoms with Gasteiger partial charge in [0.1, 0.15) is 0 Å². The van der Waals surface area contributed by atoms with Crippen LogP contribution in [-0.4, -0.2) is 34.6 Å². The molecule has 17 heavy (non-hydrogen) atoms. The lowest BCUT2D eigenvalue weighted by molar-refractivity contribution is 0.204. The molecular weight excluding hydrogens is 264 g/mol. The molecule has 0 aromatic heterocycles. The molecule has 0 saturated heterocycles. The first-order chi connectivity index (χ1) is 7.69. The Hall–Kier alpha value is 0.704. The summed E-state index contributed by atoms with van der Waals surface area (Å²) in [6.07, 6.45) is 1.10. The highest BCUT2D eigenvalue weighted by atomic mass is 32.1. The summed E-state index contributed by atoms with van der Waals surface area (Å²) in [5, 5.41) is 0. The molecule has 0 aromatic rings. The third-order valence-electron chi connectivity index (χ3n) is 3.04. The van der Waals surface area contributed by atoms with Crippen molar-refractivity contribution in [2.45, 2.75) is 57.8 Å². The van der Waals surface area contributed by atoms with Gasteiger partial charge in [0.15, 0.2) is 0 Å². The SMILES string of the molecule is CCO[SiH](OCC)[C@](S)(CC(C)C)[Si](C)(C)C. The topological polar surface area (TPSA) is 18.5 Å². The van der Waals surface area contributed by atoms with E-state index in [-0.39, 0.29) is 3.99 Å². The maximum absolute atomic E-state index is 5.95. The third-order valence-corrected chi connectivity index (χ3v) is 14.3. The molecule has 0 bridgehead atoms. The summed E-state index contributed by atoms with van der Waals surface area (Å²) in [5.41, 5.74) is 0. The lowest BCUT2D eigenvalue weighted by Gasteiger charge is -2.44. The number of hydrogen-bond donors (Lipinski definition) is 1. The molecule has 0 spiro atoms. The van der Waals surface area contributed by atoms with Gasteiger partial charge in [-0.2, -0.15) is 12.6 Å². The Kier molecular flexibility index (Phi) is 7.63. The predicted octanol–water partition coefficient (Wildman–Crippen LogP) is 3.41. The molecule has 0 rings (SSSR count). The van der Waals surface area contributed by atoms with Crippen molar-refractivity contribution in [3.05, 3.63) is 0 Å². The van der Waals surface area contributed by atoms with Gasteiger partial charge >= 0.3 is 9.28 Å². The fourth-order valence-corrected chi connectivity index (χ4v) is 9.08. The summed E-state index contributed by atoms with van der Waals surface area (Å²) in [6, 6.07) is 0. The van der Waals surface area contributed by atoms with Crippen LogP contribution in [0.2, 0.25) is 19.6 Å². The molecule has 0 aliphatic rings. The van der Waals surface area contributed by atoms with Crippen molar-refractivity contribution in [3.63, 3.8) is 0 Å². The standard InChI is InChI=1S/C12H30O2SSi2/c1-8-13-16(14-9-2)12(15,10-11(3)4)17(5,6)7/h11,15-16H,8-10H2,1-7H3/t12-/m1/s1. The van der Waals surface area contributed by atoms with Crippen molar-refractivity contribution >= 4 is 30.0 Å². The zero-order chi connectivity index (χ0) is 13.7. The Morgan fingerprint density at radius 1 is 1.12 bits per heavy atom. The van der Waals surface area contributed by atoms with Crippen molar-refractivity contribution in [1.82, 2.24) is 0 Å². The van der Waals surface area contributed by atoms with Gasteiger partial charge in [0.2, 0.25) is 0 Å². The van der Waals surface area contributed by atoms with Crippen LogP contribution >= 0.6 is 12.6 Å². The fraction of sp³-hybridized carbons (Fsp3) is 1.00. The van der Waals surface area contributed by atoms with Gasteiger partial charge in [-0.1, -0.05) is 33.5 Å². The fourth-order valence-electron chi connectivity index (χ4n) is 2.00. The van der Waals surface area contributed by atoms with Crippen LogP contribution in [0.4, 0.5) is 0 Å². The average molecular weight is 295 g/mol. The lowest BCUT2D eigenvalue weighted by atomic mass is 10.2. The minimum Gasteiger partial charge on any atom is -0.396 e. The number of hydrogen-bond acceptors (Lipinski definition) is 3. The monoisotopic (exact) mass is 294 g/mol. The van der Waals surface area contributed by atoms with E-state index in [1.165, 1.54) is 0 Å². The van der Waals surface area contributed by atoms with Crippen LogP contribution in [0.5, 0.6) is 0 Å². The predicted molar refractivity (Wildman–Crippen MR) is 84.9 cm³/mol. The van der Waals surface area contributed by atoms with Crippen LogP contribution in [0, 0.1) is 5.92 Å². The molecule has 0 aromatic carbocycles. The Morgan fingerprint density at radius 3 is 1.76 bits per heavy atom. The van der Waals surface area contributed by atoms with E-state index in [0.29, 0.717) is 5.92 Å². The van der Waals surface area contributed by atoms with Gasteiger partial charge in [-0.15, -0.1) is 0 Å². The average Bonchev–Trinajstić information content (AvgIpc) is 2.14. The van der Waals surface area contributed by atoms with Crippen LogP contribution in [0.15, 0.2) is 0 Å². The lowest BCUT2D eigenvalue weighted by Crippen LogP contribution is -2.61. The smallest absolute Gasteiger partial charge is 0.334 e. The van der Waals surface area contributed by atoms with Crippen molar-refractivity contribution in [2.75, 3.05) is 13.2 Å². The first kappa shape index (κ1) is 17.7. The maximum Gasteiger partial charge on any atom is 0.334 e. The van der Waals surface area contributed by atoms with Crippen LogP contribution in [-0.2, 0) is 8.85 Å². The first-order valence-electron chi connectivity index (χ1n) is 6.64. The number of rotatable bonds is 8.